The number of aliphatic hydroxyl groups is 1. The van der Waals surface area contributed by atoms with Gasteiger partial charge in [-0.25, -0.2) is 0 Å². The lowest BCUT2D eigenvalue weighted by Gasteiger charge is -2.28. The second kappa shape index (κ2) is 7.46. The summed E-state index contributed by atoms with van der Waals surface area (Å²) in [5.41, 5.74) is 5.49. The van der Waals surface area contributed by atoms with E-state index in [4.69, 9.17) is 22.1 Å². The molecule has 0 aromatic heterocycles. The van der Waals surface area contributed by atoms with Crippen LogP contribution in [-0.4, -0.2) is 31.0 Å². The van der Waals surface area contributed by atoms with E-state index in [1.807, 2.05) is 18.2 Å². The van der Waals surface area contributed by atoms with Crippen molar-refractivity contribution in [2.24, 2.45) is 5.73 Å². The van der Waals surface area contributed by atoms with E-state index in [2.05, 4.69) is 15.9 Å². The molecule has 1 rings (SSSR count). The van der Waals surface area contributed by atoms with E-state index in [0.29, 0.717) is 24.4 Å². The molecular weight excluding hydrogens is 318 g/mol. The van der Waals surface area contributed by atoms with Crippen molar-refractivity contribution >= 4 is 27.5 Å². The first-order valence-corrected chi connectivity index (χ1v) is 7.03. The molecule has 3 nitrogen and oxygen atoms in total. The van der Waals surface area contributed by atoms with Crippen molar-refractivity contribution in [3.63, 3.8) is 0 Å². The molecule has 102 valence electrons. The number of rotatable bonds is 7. The minimum atomic E-state index is -0.911. The van der Waals surface area contributed by atoms with Crippen molar-refractivity contribution in [2.75, 3.05) is 20.3 Å². The highest BCUT2D eigenvalue weighted by Gasteiger charge is 2.27. The van der Waals surface area contributed by atoms with Gasteiger partial charge in [-0.3, -0.25) is 0 Å². The zero-order valence-corrected chi connectivity index (χ0v) is 12.8. The lowest BCUT2D eigenvalue weighted by atomic mass is 9.90. The fraction of sp³-hybridized carbons (Fsp3) is 0.538. The number of hydrogen-bond acceptors (Lipinski definition) is 3. The Morgan fingerprint density at radius 1 is 1.50 bits per heavy atom. The molecule has 18 heavy (non-hydrogen) atoms. The molecule has 0 heterocycles. The Hall–Kier alpha value is -0.130. The van der Waals surface area contributed by atoms with E-state index in [-0.39, 0.29) is 6.61 Å². The maximum atomic E-state index is 10.5. The highest BCUT2D eigenvalue weighted by atomic mass is 79.9. The minimum absolute atomic E-state index is 0.277. The van der Waals surface area contributed by atoms with Gasteiger partial charge >= 0.3 is 0 Å². The molecule has 0 amide bonds. The third kappa shape index (κ3) is 4.86. The number of nitrogens with two attached hydrogens (primary N) is 1. The summed E-state index contributed by atoms with van der Waals surface area (Å²) in [6.45, 7) is 0.833. The normalized spacial score (nSPS) is 14.5. The number of hydrogen-bond donors (Lipinski definition) is 2. The van der Waals surface area contributed by atoms with E-state index in [0.717, 1.165) is 16.5 Å². The third-order valence-electron chi connectivity index (χ3n) is 2.79. The molecular formula is C13H19BrClNO2. The average Bonchev–Trinajstić information content (AvgIpc) is 2.31. The van der Waals surface area contributed by atoms with Crippen LogP contribution in [0.3, 0.4) is 0 Å². The minimum Gasteiger partial charge on any atom is -0.387 e. The van der Waals surface area contributed by atoms with Crippen molar-refractivity contribution in [1.82, 2.24) is 0 Å². The molecule has 0 bridgehead atoms. The molecule has 1 atom stereocenters. The highest BCUT2D eigenvalue weighted by Crippen LogP contribution is 2.27. The van der Waals surface area contributed by atoms with Crippen molar-refractivity contribution in [3.8, 4) is 0 Å². The Kier molecular flexibility index (Phi) is 6.60. The molecule has 1 unspecified atom stereocenters. The summed E-state index contributed by atoms with van der Waals surface area (Å²) in [7, 11) is 1.58. The van der Waals surface area contributed by atoms with Crippen molar-refractivity contribution in [1.29, 1.82) is 0 Å². The van der Waals surface area contributed by atoms with Gasteiger partial charge in [-0.1, -0.05) is 33.6 Å². The lowest BCUT2D eigenvalue weighted by Crippen LogP contribution is -2.37. The second-order valence-corrected chi connectivity index (χ2v) is 5.78. The maximum Gasteiger partial charge on any atom is 0.0921 e. The van der Waals surface area contributed by atoms with E-state index < -0.39 is 5.60 Å². The Balaban J connectivity index is 2.81. The van der Waals surface area contributed by atoms with Crippen LogP contribution in [-0.2, 0) is 11.2 Å². The van der Waals surface area contributed by atoms with E-state index in [9.17, 15) is 5.11 Å². The van der Waals surface area contributed by atoms with Gasteiger partial charge in [-0.2, -0.15) is 0 Å². The molecule has 1 aromatic rings. The Bertz CT molecular complexity index is 389. The molecule has 0 saturated heterocycles. The van der Waals surface area contributed by atoms with Gasteiger partial charge in [0.2, 0.25) is 0 Å². The van der Waals surface area contributed by atoms with Gasteiger partial charge in [-0.15, -0.1) is 0 Å². The number of ether oxygens (including phenoxy) is 1. The Morgan fingerprint density at radius 2 is 2.22 bits per heavy atom. The van der Waals surface area contributed by atoms with Gasteiger partial charge in [0, 0.05) is 23.0 Å². The topological polar surface area (TPSA) is 55.5 Å². The van der Waals surface area contributed by atoms with Crippen LogP contribution in [0.15, 0.2) is 22.7 Å². The van der Waals surface area contributed by atoms with Gasteiger partial charge in [0.15, 0.2) is 0 Å². The summed E-state index contributed by atoms with van der Waals surface area (Å²) in [5, 5.41) is 11.2. The Labute approximate surface area is 121 Å². The largest absolute Gasteiger partial charge is 0.387 e. The quantitative estimate of drug-likeness (QED) is 0.805. The van der Waals surface area contributed by atoms with Crippen LogP contribution in [0.2, 0.25) is 5.02 Å². The first-order chi connectivity index (χ1) is 8.50. The lowest BCUT2D eigenvalue weighted by molar-refractivity contribution is -0.0375. The molecule has 0 aliphatic heterocycles. The summed E-state index contributed by atoms with van der Waals surface area (Å²) in [4.78, 5) is 0. The predicted molar refractivity (Wildman–Crippen MR) is 78.0 cm³/mol. The summed E-state index contributed by atoms with van der Waals surface area (Å²) in [6, 6.07) is 5.65. The predicted octanol–water partition coefficient (Wildman–Crippen LogP) is 2.76. The zero-order chi connectivity index (χ0) is 13.6. The van der Waals surface area contributed by atoms with Crippen LogP contribution in [0, 0.1) is 0 Å². The van der Waals surface area contributed by atoms with Gasteiger partial charge < -0.3 is 15.6 Å². The molecule has 0 spiro atoms. The molecule has 0 radical (unpaired) electrons. The summed E-state index contributed by atoms with van der Waals surface area (Å²) < 4.78 is 6.02. The molecule has 3 N–H and O–H groups in total. The van der Waals surface area contributed by atoms with Gasteiger partial charge in [0.25, 0.3) is 0 Å². The number of benzene rings is 1. The Morgan fingerprint density at radius 3 is 2.78 bits per heavy atom. The molecule has 5 heteroatoms. The van der Waals surface area contributed by atoms with Crippen LogP contribution in [0.25, 0.3) is 0 Å². The van der Waals surface area contributed by atoms with E-state index in [1.54, 1.807) is 7.11 Å². The smallest absolute Gasteiger partial charge is 0.0921 e. The molecule has 0 saturated carbocycles. The fourth-order valence-corrected chi connectivity index (χ4v) is 2.67. The van der Waals surface area contributed by atoms with Crippen molar-refractivity contribution in [2.45, 2.75) is 24.9 Å². The number of methoxy groups -OCH3 is 1. The van der Waals surface area contributed by atoms with Gasteiger partial charge in [-0.05, 0) is 37.1 Å². The van der Waals surface area contributed by atoms with E-state index in [1.165, 1.54) is 0 Å². The van der Waals surface area contributed by atoms with Crippen molar-refractivity contribution < 1.29 is 9.84 Å². The van der Waals surface area contributed by atoms with Crippen LogP contribution in [0.5, 0.6) is 0 Å². The monoisotopic (exact) mass is 335 g/mol. The number of halogens is 2. The van der Waals surface area contributed by atoms with Crippen LogP contribution in [0.4, 0.5) is 0 Å². The summed E-state index contributed by atoms with van der Waals surface area (Å²) in [5.74, 6) is 0. The standard InChI is InChI=1S/C13H19BrClNO2/c1-18-9-13(17,5-2-6-16)8-10-3-4-11(14)7-12(10)15/h3-4,7,17H,2,5-6,8-9,16H2,1H3. The van der Waals surface area contributed by atoms with E-state index >= 15 is 0 Å². The summed E-state index contributed by atoms with van der Waals surface area (Å²) in [6.07, 6.45) is 1.82. The second-order valence-electron chi connectivity index (χ2n) is 4.46. The first-order valence-electron chi connectivity index (χ1n) is 5.86. The van der Waals surface area contributed by atoms with Crippen LogP contribution >= 0.6 is 27.5 Å². The third-order valence-corrected chi connectivity index (χ3v) is 3.64. The van der Waals surface area contributed by atoms with Crippen LogP contribution in [0.1, 0.15) is 18.4 Å². The zero-order valence-electron chi connectivity index (χ0n) is 10.5. The molecule has 0 aliphatic rings. The van der Waals surface area contributed by atoms with Gasteiger partial charge in [0.1, 0.15) is 0 Å². The maximum absolute atomic E-state index is 10.5. The molecule has 0 fully saturated rings. The first kappa shape index (κ1) is 15.9. The fourth-order valence-electron chi connectivity index (χ4n) is 1.93. The highest BCUT2D eigenvalue weighted by molar-refractivity contribution is 9.10. The van der Waals surface area contributed by atoms with Gasteiger partial charge in [0.05, 0.1) is 12.2 Å². The SMILES string of the molecule is COCC(O)(CCCN)Cc1ccc(Br)cc1Cl. The molecule has 1 aromatic carbocycles. The average molecular weight is 337 g/mol. The van der Waals surface area contributed by atoms with Crippen LogP contribution < -0.4 is 5.73 Å². The molecule has 0 aliphatic carbocycles. The van der Waals surface area contributed by atoms with Crippen molar-refractivity contribution in [3.05, 3.63) is 33.3 Å². The summed E-state index contributed by atoms with van der Waals surface area (Å²) >= 11 is 9.52.